The van der Waals surface area contributed by atoms with E-state index in [-0.39, 0.29) is 11.8 Å². The van der Waals surface area contributed by atoms with Crippen LogP contribution >= 0.6 is 22.7 Å². The molecule has 462 valence electrons. The maximum absolute atomic E-state index is 16.2. The Morgan fingerprint density at radius 1 is 0.366 bits per heavy atom. The lowest BCUT2D eigenvalue weighted by atomic mass is 9.88. The number of unbranched alkanes of at least 4 members (excludes halogenated alkanes) is 28. The lowest BCUT2D eigenvalue weighted by molar-refractivity contribution is -0.124. The number of rotatable bonds is 44. The first-order chi connectivity index (χ1) is 39.4. The molecule has 4 aliphatic heterocycles. The van der Waals surface area contributed by atoms with E-state index in [0.717, 1.165) is 56.4 Å². The molecule has 6 rings (SSSR count). The zero-order valence-electron chi connectivity index (χ0n) is 54.6. The summed E-state index contributed by atoms with van der Waals surface area (Å²) in [5.41, 5.74) is 0.771. The molecule has 2 fully saturated rings. The predicted molar refractivity (Wildman–Crippen MR) is 353 cm³/mol. The predicted octanol–water partition coefficient (Wildman–Crippen LogP) is 19.6. The Balaban J connectivity index is 1.39. The molecule has 82 heavy (non-hydrogen) atoms. The van der Waals surface area contributed by atoms with Crippen molar-refractivity contribution >= 4 is 69.7 Å². The fourth-order valence-corrected chi connectivity index (χ4v) is 14.9. The van der Waals surface area contributed by atoms with Gasteiger partial charge >= 0.3 is 14.2 Å². The smallest absolute Gasteiger partial charge is 0.399 e. The van der Waals surface area contributed by atoms with Crippen molar-refractivity contribution in [2.75, 3.05) is 13.1 Å². The number of fused-ring (bicyclic) bond motifs is 1. The van der Waals surface area contributed by atoms with Gasteiger partial charge in [0.2, 0.25) is 0 Å². The molecule has 8 nitrogen and oxygen atoms in total. The van der Waals surface area contributed by atoms with Gasteiger partial charge in [0, 0.05) is 22.6 Å². The molecule has 0 spiro atoms. The Kier molecular flexibility index (Phi) is 28.9. The Morgan fingerprint density at radius 3 is 0.841 bits per heavy atom. The fraction of sp³-hybridized carbons (Fsp3) is 0.800. The largest absolute Gasteiger partial charge is 0.505 e. The summed E-state index contributed by atoms with van der Waals surface area (Å²) >= 11 is 3.26. The highest BCUT2D eigenvalue weighted by Crippen LogP contribution is 2.50. The van der Waals surface area contributed by atoms with Gasteiger partial charge < -0.3 is 28.4 Å². The number of thiophene rings is 2. The third-order valence-corrected chi connectivity index (χ3v) is 21.8. The summed E-state index contributed by atoms with van der Waals surface area (Å²) in [5.74, 6) is 0.615. The minimum Gasteiger partial charge on any atom is -0.399 e. The van der Waals surface area contributed by atoms with E-state index in [4.69, 9.17) is 18.6 Å². The maximum Gasteiger partial charge on any atom is 0.505 e. The summed E-state index contributed by atoms with van der Waals surface area (Å²) in [5, 5.41) is 0. The summed E-state index contributed by atoms with van der Waals surface area (Å²) in [6.45, 7) is 27.2. The normalized spacial score (nSPS) is 18.4. The van der Waals surface area contributed by atoms with Gasteiger partial charge in [-0.05, 0) is 105 Å². The van der Waals surface area contributed by atoms with Gasteiger partial charge in [-0.2, -0.15) is 0 Å². The van der Waals surface area contributed by atoms with Gasteiger partial charge in [-0.3, -0.25) is 9.59 Å². The molecule has 0 saturated carbocycles. The van der Waals surface area contributed by atoms with Crippen molar-refractivity contribution in [1.29, 1.82) is 0 Å². The Bertz CT molecular complexity index is 2050. The summed E-state index contributed by atoms with van der Waals surface area (Å²) in [7, 11) is -1.07. The van der Waals surface area contributed by atoms with E-state index in [1.165, 1.54) is 205 Å². The highest BCUT2D eigenvalue weighted by atomic mass is 32.1. The molecule has 0 bridgehead atoms. The zero-order chi connectivity index (χ0) is 59.2. The molecule has 0 atom stereocenters. The number of nitrogens with zero attached hydrogens (tertiary/aromatic N) is 2. The van der Waals surface area contributed by atoms with Gasteiger partial charge in [-0.15, -0.1) is 22.7 Å². The average Bonchev–Trinajstić information content (AvgIpc) is 3.82. The van der Waals surface area contributed by atoms with Crippen LogP contribution in [0.1, 0.15) is 324 Å². The SMILES string of the molecule is CCCCCCCCCCC(CCCCCCCCCC)CN1C(=O)C2=C(c3ccc(B4OC(C)(C)C(C)(C)O4)s3)N(CC(CCCCCCCCCC)CCCCCCCCCC)C(=O)C2=C1c1ccc(B2OC(C)(C)C(C)(C)O2)s1. The minimum absolute atomic E-state index is 0.0217. The van der Waals surface area contributed by atoms with Gasteiger partial charge in [-0.1, -0.05) is 245 Å². The molecule has 2 aromatic rings. The quantitative estimate of drug-likeness (QED) is 0.0486. The molecule has 2 amide bonds. The van der Waals surface area contributed by atoms with E-state index >= 15 is 9.59 Å². The molecular formula is C70H118B2N2O6S2. The monoisotopic (exact) mass is 1170 g/mol. The molecule has 4 aliphatic rings. The van der Waals surface area contributed by atoms with Crippen molar-refractivity contribution in [2.24, 2.45) is 11.8 Å². The molecule has 2 saturated heterocycles. The molecular weight excluding hydrogens is 1050 g/mol. The van der Waals surface area contributed by atoms with Gasteiger partial charge in [0.15, 0.2) is 0 Å². The number of hydrogen-bond donors (Lipinski definition) is 0. The van der Waals surface area contributed by atoms with Crippen LogP contribution in [-0.4, -0.2) is 71.3 Å². The van der Waals surface area contributed by atoms with Crippen LogP contribution in [0.2, 0.25) is 0 Å². The van der Waals surface area contributed by atoms with Crippen molar-refractivity contribution in [3.05, 3.63) is 45.2 Å². The van der Waals surface area contributed by atoms with Crippen molar-refractivity contribution in [3.8, 4) is 0 Å². The van der Waals surface area contributed by atoms with Crippen LogP contribution in [0, 0.1) is 11.8 Å². The molecule has 0 aromatic carbocycles. The first kappa shape index (κ1) is 68.9. The van der Waals surface area contributed by atoms with Crippen LogP contribution in [0.25, 0.3) is 11.4 Å². The second-order valence-corrected chi connectivity index (χ2v) is 29.9. The average molecular weight is 1170 g/mol. The van der Waals surface area contributed by atoms with Gasteiger partial charge in [0.1, 0.15) is 0 Å². The minimum atomic E-state index is -0.536. The summed E-state index contributed by atoms with van der Waals surface area (Å²) in [4.78, 5) is 38.4. The van der Waals surface area contributed by atoms with Crippen molar-refractivity contribution < 1.29 is 28.2 Å². The number of carbonyl (C=O) groups is 2. The molecule has 12 heteroatoms. The molecule has 6 heterocycles. The highest BCUT2D eigenvalue weighted by molar-refractivity contribution is 7.23. The van der Waals surface area contributed by atoms with E-state index in [0.29, 0.717) is 36.1 Å². The van der Waals surface area contributed by atoms with Crippen molar-refractivity contribution in [2.45, 2.75) is 337 Å². The summed E-state index contributed by atoms with van der Waals surface area (Å²) in [6.07, 6.45) is 45.4. The highest BCUT2D eigenvalue weighted by Gasteiger charge is 2.55. The number of amides is 2. The van der Waals surface area contributed by atoms with Gasteiger partial charge in [0.25, 0.3) is 11.8 Å². The Hall–Kier alpha value is -2.21. The van der Waals surface area contributed by atoms with E-state index in [9.17, 15) is 0 Å². The van der Waals surface area contributed by atoms with E-state index in [1.807, 2.05) is 0 Å². The van der Waals surface area contributed by atoms with E-state index in [1.54, 1.807) is 22.7 Å². The van der Waals surface area contributed by atoms with Gasteiger partial charge in [-0.25, -0.2) is 0 Å². The number of hydrogen-bond acceptors (Lipinski definition) is 8. The lowest BCUT2D eigenvalue weighted by Gasteiger charge is -2.32. The van der Waals surface area contributed by atoms with Crippen LogP contribution < -0.4 is 9.55 Å². The third-order valence-electron chi connectivity index (χ3n) is 19.6. The van der Waals surface area contributed by atoms with E-state index < -0.39 is 36.6 Å². The third kappa shape index (κ3) is 19.4. The summed E-state index contributed by atoms with van der Waals surface area (Å²) < 4.78 is 28.6. The summed E-state index contributed by atoms with van der Waals surface area (Å²) in [6, 6.07) is 8.53. The lowest BCUT2D eigenvalue weighted by Crippen LogP contribution is -2.41. The van der Waals surface area contributed by atoms with E-state index in [2.05, 4.69) is 117 Å². The van der Waals surface area contributed by atoms with Crippen LogP contribution in [0.3, 0.4) is 0 Å². The second kappa shape index (κ2) is 34.4. The fourth-order valence-electron chi connectivity index (χ4n) is 12.8. The zero-order valence-corrected chi connectivity index (χ0v) is 56.3. The molecule has 0 radical (unpaired) electrons. The standard InChI is InChI=1S/C70H118B2N2O6S2/c1-13-17-21-25-29-33-37-41-45-55(46-42-38-34-30-26-22-18-14-2)53-73-63(57-49-51-59(81-57)71-77-67(5,6)68(7,8)78-71)61-62(65(73)75)64(58-50-52-60(82-58)72-79-69(9,10)70(11,12)80-72)74(66(61)76)54-56(47-43-39-35-31-27-23-19-15-3)48-44-40-36-32-28-24-20-16-4/h49-52,55-56H,13-48,53-54H2,1-12H3. The second-order valence-electron chi connectivity index (χ2n) is 27.6. The van der Waals surface area contributed by atoms with Crippen LogP contribution in [0.15, 0.2) is 35.4 Å². The maximum atomic E-state index is 16.2. The Labute approximate surface area is 511 Å². The van der Waals surface area contributed by atoms with Crippen LogP contribution in [-0.2, 0) is 28.2 Å². The van der Waals surface area contributed by atoms with Crippen molar-refractivity contribution in [3.63, 3.8) is 0 Å². The number of carbonyl (C=O) groups excluding carboxylic acids is 2. The Morgan fingerprint density at radius 2 is 0.598 bits per heavy atom. The van der Waals surface area contributed by atoms with Crippen LogP contribution in [0.5, 0.6) is 0 Å². The molecule has 0 aliphatic carbocycles. The topological polar surface area (TPSA) is 77.5 Å². The van der Waals surface area contributed by atoms with Crippen LogP contribution in [0.4, 0.5) is 0 Å². The van der Waals surface area contributed by atoms with Gasteiger partial charge in [0.05, 0.1) is 54.7 Å². The molecule has 0 N–H and O–H groups in total. The van der Waals surface area contributed by atoms with Crippen molar-refractivity contribution in [1.82, 2.24) is 9.80 Å². The molecule has 2 aromatic heterocycles. The first-order valence-electron chi connectivity index (χ1n) is 34.4. The molecule has 0 unspecified atom stereocenters. The first-order valence-corrected chi connectivity index (χ1v) is 36.1.